The molecule has 0 bridgehead atoms. The van der Waals surface area contributed by atoms with Crippen molar-refractivity contribution in [3.05, 3.63) is 119 Å². The Morgan fingerprint density at radius 1 is 0.974 bits per heavy atom. The molecule has 0 fully saturated rings. The van der Waals surface area contributed by atoms with Crippen LogP contribution in [0.25, 0.3) is 10.9 Å². The molecule has 1 heterocycles. The third-order valence-electron chi connectivity index (χ3n) is 6.64. The minimum Gasteiger partial charge on any atom is -0.465 e. The highest BCUT2D eigenvalue weighted by molar-refractivity contribution is 7.90. The molecule has 1 atom stereocenters. The number of hydrogen-bond donors (Lipinski definition) is 0. The average molecular weight is 556 g/mol. The van der Waals surface area contributed by atoms with Gasteiger partial charge in [0, 0.05) is 17.5 Å². The summed E-state index contributed by atoms with van der Waals surface area (Å²) in [6.45, 7) is 7.82. The van der Waals surface area contributed by atoms with Crippen LogP contribution in [-0.2, 0) is 27.4 Å². The third kappa shape index (κ3) is 5.63. The summed E-state index contributed by atoms with van der Waals surface area (Å²) in [6.07, 6.45) is -3.17. The highest BCUT2D eigenvalue weighted by atomic mass is 32.2. The van der Waals surface area contributed by atoms with Gasteiger partial charge in [-0.2, -0.15) is 13.2 Å². The number of esters is 1. The molecule has 4 rings (SSSR count). The van der Waals surface area contributed by atoms with E-state index >= 15 is 0 Å². The van der Waals surface area contributed by atoms with Crippen LogP contribution in [0.1, 0.15) is 63.3 Å². The summed E-state index contributed by atoms with van der Waals surface area (Å²) >= 11 is 0. The Morgan fingerprint density at radius 2 is 1.59 bits per heavy atom. The number of benzene rings is 3. The molecule has 1 aromatic heterocycles. The second kappa shape index (κ2) is 10.7. The Balaban J connectivity index is 1.86. The largest absolute Gasteiger partial charge is 0.465 e. The minimum atomic E-state index is -4.58. The lowest BCUT2D eigenvalue weighted by Crippen LogP contribution is -2.22. The van der Waals surface area contributed by atoms with Gasteiger partial charge in [0.1, 0.15) is 5.25 Å². The maximum absolute atomic E-state index is 14.1. The van der Waals surface area contributed by atoms with Crippen LogP contribution in [0.5, 0.6) is 0 Å². The number of fused-ring (bicyclic) bond motifs is 1. The monoisotopic (exact) mass is 555 g/mol. The van der Waals surface area contributed by atoms with E-state index in [0.29, 0.717) is 16.7 Å². The van der Waals surface area contributed by atoms with Crippen molar-refractivity contribution in [2.24, 2.45) is 0 Å². The molecule has 0 aliphatic carbocycles. The number of alkyl halides is 3. The quantitative estimate of drug-likeness (QED) is 0.169. The van der Waals surface area contributed by atoms with E-state index in [1.165, 1.54) is 25.3 Å². The molecule has 0 N–H and O–H groups in total. The van der Waals surface area contributed by atoms with Crippen molar-refractivity contribution in [3.63, 3.8) is 0 Å². The second-order valence-corrected chi connectivity index (χ2v) is 11.5. The molecule has 9 heteroatoms. The van der Waals surface area contributed by atoms with Crippen LogP contribution in [0, 0.1) is 0 Å². The highest BCUT2D eigenvalue weighted by Crippen LogP contribution is 2.36. The Kier molecular flexibility index (Phi) is 7.75. The zero-order valence-corrected chi connectivity index (χ0v) is 22.5. The zero-order valence-electron chi connectivity index (χ0n) is 21.7. The summed E-state index contributed by atoms with van der Waals surface area (Å²) in [6, 6.07) is 18.1. The van der Waals surface area contributed by atoms with Gasteiger partial charge < -0.3 is 4.74 Å². The Bertz CT molecular complexity index is 1620. The maximum Gasteiger partial charge on any atom is 0.416 e. The maximum atomic E-state index is 14.1. The topological polar surface area (TPSA) is 65.4 Å². The summed E-state index contributed by atoms with van der Waals surface area (Å²) in [5.74, 6) is -0.263. The third-order valence-corrected chi connectivity index (χ3v) is 8.68. The van der Waals surface area contributed by atoms with Gasteiger partial charge in [0.05, 0.1) is 23.8 Å². The summed E-state index contributed by atoms with van der Waals surface area (Å²) in [7, 11) is -2.94. The molecule has 0 saturated carbocycles. The number of halogens is 3. The molecule has 4 aromatic rings. The molecule has 0 saturated heterocycles. The van der Waals surface area contributed by atoms with Crippen molar-refractivity contribution in [1.82, 2.24) is 3.97 Å². The standard InChI is InChI=1S/C30H28F3NO4S/c1-5-28(22-12-10-21(11-13-22)19(2)3)39(36,37)34-26(16-20-6-8-23(9-7-20)29(35)38-4)18-24-17-25(30(31,32)33)14-15-27(24)34/h5-15,17-19,28H,1,16H2,2-4H3. The van der Waals surface area contributed by atoms with E-state index in [9.17, 15) is 26.4 Å². The molecular weight excluding hydrogens is 527 g/mol. The van der Waals surface area contributed by atoms with Crippen LogP contribution in [0.4, 0.5) is 13.2 Å². The van der Waals surface area contributed by atoms with Crippen LogP contribution >= 0.6 is 0 Å². The predicted octanol–water partition coefficient (Wildman–Crippen LogP) is 7.27. The SMILES string of the molecule is C=CC(c1ccc(C(C)C)cc1)S(=O)(=O)n1c(Cc2ccc(C(=O)OC)cc2)cc2cc(C(F)(F)F)ccc21. The van der Waals surface area contributed by atoms with Crippen molar-refractivity contribution in [2.45, 2.75) is 37.6 Å². The molecule has 1 unspecified atom stereocenters. The van der Waals surface area contributed by atoms with E-state index in [0.717, 1.165) is 21.7 Å². The molecule has 0 radical (unpaired) electrons. The lowest BCUT2D eigenvalue weighted by atomic mass is 10.0. The van der Waals surface area contributed by atoms with E-state index in [1.807, 2.05) is 26.0 Å². The van der Waals surface area contributed by atoms with Gasteiger partial charge in [-0.1, -0.05) is 56.3 Å². The van der Waals surface area contributed by atoms with Gasteiger partial charge in [-0.25, -0.2) is 17.2 Å². The first-order chi connectivity index (χ1) is 18.4. The molecule has 204 valence electrons. The second-order valence-electron chi connectivity index (χ2n) is 9.56. The lowest BCUT2D eigenvalue weighted by molar-refractivity contribution is -0.137. The van der Waals surface area contributed by atoms with Gasteiger partial charge >= 0.3 is 12.1 Å². The molecule has 0 aliphatic rings. The number of hydrogen-bond acceptors (Lipinski definition) is 4. The first kappa shape index (κ1) is 28.2. The number of aromatic nitrogens is 1. The number of methoxy groups -OCH3 is 1. The normalized spacial score (nSPS) is 13.0. The van der Waals surface area contributed by atoms with Crippen LogP contribution in [-0.4, -0.2) is 25.5 Å². The fourth-order valence-electron chi connectivity index (χ4n) is 4.55. The van der Waals surface area contributed by atoms with E-state index in [4.69, 9.17) is 4.74 Å². The van der Waals surface area contributed by atoms with E-state index < -0.39 is 33.0 Å². The van der Waals surface area contributed by atoms with Crippen LogP contribution in [0.15, 0.2) is 85.5 Å². The number of ether oxygens (including phenoxy) is 1. The van der Waals surface area contributed by atoms with E-state index in [2.05, 4.69) is 6.58 Å². The summed E-state index contributed by atoms with van der Waals surface area (Å²) in [5, 5.41) is -0.996. The Hall–Kier alpha value is -3.85. The van der Waals surface area contributed by atoms with E-state index in [1.54, 1.807) is 36.4 Å². The molecule has 39 heavy (non-hydrogen) atoms. The smallest absolute Gasteiger partial charge is 0.416 e. The van der Waals surface area contributed by atoms with Crippen molar-refractivity contribution < 1.29 is 31.1 Å². The van der Waals surface area contributed by atoms with Gasteiger partial charge in [-0.15, -0.1) is 6.58 Å². The van der Waals surface area contributed by atoms with Crippen molar-refractivity contribution in [3.8, 4) is 0 Å². The number of nitrogens with zero attached hydrogens (tertiary/aromatic N) is 1. The molecule has 5 nitrogen and oxygen atoms in total. The minimum absolute atomic E-state index is 0.0901. The average Bonchev–Trinajstić information content (AvgIpc) is 3.26. The van der Waals surface area contributed by atoms with E-state index in [-0.39, 0.29) is 28.9 Å². The fraction of sp³-hybridized carbons (Fsp3) is 0.233. The summed E-state index contributed by atoms with van der Waals surface area (Å²) in [4.78, 5) is 11.8. The molecule has 0 amide bonds. The number of rotatable bonds is 8. The lowest BCUT2D eigenvalue weighted by Gasteiger charge is -2.19. The van der Waals surface area contributed by atoms with Crippen LogP contribution < -0.4 is 0 Å². The van der Waals surface area contributed by atoms with Crippen LogP contribution in [0.3, 0.4) is 0 Å². The van der Waals surface area contributed by atoms with Gasteiger partial charge in [-0.3, -0.25) is 0 Å². The first-order valence-corrected chi connectivity index (χ1v) is 13.7. The molecule has 0 spiro atoms. The van der Waals surface area contributed by atoms with Gasteiger partial charge in [0.2, 0.25) is 10.0 Å². The Labute approximate surface area is 225 Å². The fourth-order valence-corrected chi connectivity index (χ4v) is 6.40. The predicted molar refractivity (Wildman–Crippen MR) is 145 cm³/mol. The summed E-state index contributed by atoms with van der Waals surface area (Å²) in [5.41, 5.74) is 2.06. The Morgan fingerprint density at radius 3 is 2.13 bits per heavy atom. The number of carbonyl (C=O) groups is 1. The van der Waals surface area contributed by atoms with Gasteiger partial charge in [0.25, 0.3) is 0 Å². The zero-order chi connectivity index (χ0) is 28.5. The van der Waals surface area contributed by atoms with Crippen molar-refractivity contribution >= 4 is 26.9 Å². The van der Waals surface area contributed by atoms with Crippen LogP contribution in [0.2, 0.25) is 0 Å². The van der Waals surface area contributed by atoms with Crippen molar-refractivity contribution in [1.29, 1.82) is 0 Å². The summed E-state index contributed by atoms with van der Waals surface area (Å²) < 4.78 is 74.5. The van der Waals surface area contributed by atoms with Gasteiger partial charge in [-0.05, 0) is 59.0 Å². The number of carbonyl (C=O) groups excluding carboxylic acids is 1. The van der Waals surface area contributed by atoms with Crippen molar-refractivity contribution in [2.75, 3.05) is 7.11 Å². The first-order valence-electron chi connectivity index (χ1n) is 12.2. The highest BCUT2D eigenvalue weighted by Gasteiger charge is 2.33. The molecule has 0 aliphatic heterocycles. The van der Waals surface area contributed by atoms with Gasteiger partial charge in [0.15, 0.2) is 0 Å². The molecule has 3 aromatic carbocycles. The molecular formula is C30H28F3NO4S.